The number of halogens is 2. The number of thiophene rings is 1. The van der Waals surface area contributed by atoms with Gasteiger partial charge in [0.1, 0.15) is 5.00 Å². The summed E-state index contributed by atoms with van der Waals surface area (Å²) in [5.41, 5.74) is 4.02. The number of benzene rings is 2. The molecule has 0 aliphatic heterocycles. The largest absolute Gasteiger partial charge is 0.493 e. The molecule has 2 amide bonds. The molecule has 1 atom stereocenters. The highest BCUT2D eigenvalue weighted by molar-refractivity contribution is 7.17. The Morgan fingerprint density at radius 2 is 1.83 bits per heavy atom. The van der Waals surface area contributed by atoms with Crippen molar-refractivity contribution in [3.63, 3.8) is 0 Å². The molecule has 2 aromatic carbocycles. The Hall–Kier alpha value is -3.93. The number of rotatable bonds is 8. The zero-order valence-electron chi connectivity index (χ0n) is 22.9. The van der Waals surface area contributed by atoms with Gasteiger partial charge in [0.15, 0.2) is 11.5 Å². The quantitative estimate of drug-likeness (QED) is 0.108. The van der Waals surface area contributed by atoms with Gasteiger partial charge in [-0.1, -0.05) is 30.1 Å². The zero-order valence-corrected chi connectivity index (χ0v) is 25.2. The van der Waals surface area contributed by atoms with E-state index in [1.807, 2.05) is 0 Å². The number of methoxy groups -OCH3 is 1. The van der Waals surface area contributed by atoms with E-state index in [4.69, 9.17) is 37.4 Å². The van der Waals surface area contributed by atoms with Gasteiger partial charge in [0.2, 0.25) is 0 Å². The van der Waals surface area contributed by atoms with Gasteiger partial charge in [0.05, 0.1) is 41.1 Å². The van der Waals surface area contributed by atoms with Crippen molar-refractivity contribution in [2.24, 2.45) is 11.0 Å². The summed E-state index contributed by atoms with van der Waals surface area (Å²) in [6.45, 7) is 4.02. The summed E-state index contributed by atoms with van der Waals surface area (Å²) >= 11 is 13.2. The molecule has 13 heteroatoms. The van der Waals surface area contributed by atoms with Crippen LogP contribution in [-0.4, -0.2) is 43.7 Å². The normalized spacial score (nSPS) is 14.2. The maximum absolute atomic E-state index is 12.7. The Balaban J connectivity index is 1.40. The Morgan fingerprint density at radius 3 is 2.55 bits per heavy atom. The van der Waals surface area contributed by atoms with Crippen molar-refractivity contribution < 1.29 is 33.4 Å². The van der Waals surface area contributed by atoms with E-state index in [1.54, 1.807) is 13.0 Å². The van der Waals surface area contributed by atoms with Crippen molar-refractivity contribution in [2.75, 3.05) is 19.0 Å². The molecule has 3 aromatic rings. The van der Waals surface area contributed by atoms with E-state index in [0.717, 1.165) is 23.3 Å². The van der Waals surface area contributed by atoms with Crippen LogP contribution in [0.15, 0.2) is 41.5 Å². The van der Waals surface area contributed by atoms with Crippen LogP contribution < -0.4 is 20.2 Å². The molecule has 1 heterocycles. The van der Waals surface area contributed by atoms with Gasteiger partial charge in [-0.3, -0.25) is 9.59 Å². The Morgan fingerprint density at radius 1 is 1.05 bits per heavy atom. The number of amides is 2. The van der Waals surface area contributed by atoms with Gasteiger partial charge in [-0.05, 0) is 79.6 Å². The lowest BCUT2D eigenvalue weighted by atomic mass is 9.88. The number of carbonyl (C=O) groups excluding carboxylic acids is 4. The number of fused-ring (bicyclic) bond motifs is 1. The van der Waals surface area contributed by atoms with Gasteiger partial charge in [-0.15, -0.1) is 11.3 Å². The number of hydrogen-bond acceptors (Lipinski definition) is 9. The minimum Gasteiger partial charge on any atom is -0.493 e. The lowest BCUT2D eigenvalue weighted by molar-refractivity contribution is -0.136. The number of nitrogens with zero attached hydrogens (tertiary/aromatic N) is 1. The fourth-order valence-corrected chi connectivity index (χ4v) is 5.96. The number of nitrogens with one attached hydrogen (secondary N) is 2. The average molecular weight is 633 g/mol. The third kappa shape index (κ3) is 7.28. The number of anilines is 1. The molecule has 42 heavy (non-hydrogen) atoms. The monoisotopic (exact) mass is 631 g/mol. The van der Waals surface area contributed by atoms with Crippen LogP contribution in [0.3, 0.4) is 0 Å². The number of ether oxygens (including phenoxy) is 3. The molecule has 0 radical (unpaired) electrons. The number of hydrazone groups is 1. The van der Waals surface area contributed by atoms with Crippen LogP contribution in [0.5, 0.6) is 11.5 Å². The van der Waals surface area contributed by atoms with Gasteiger partial charge < -0.3 is 19.5 Å². The highest BCUT2D eigenvalue weighted by Gasteiger charge is 2.30. The molecule has 0 fully saturated rings. The summed E-state index contributed by atoms with van der Waals surface area (Å²) in [6.07, 6.45) is 3.69. The first-order chi connectivity index (χ1) is 20.1. The SMILES string of the molecule is CCOC(=O)c1c(NC(=O)C(=O)N/N=C\c2ccc(OC(=O)c3ccc(Cl)c(Cl)c3)c(OC)c2)sc2c1CC[C@@H](C)C2. The van der Waals surface area contributed by atoms with Crippen LogP contribution in [0.2, 0.25) is 10.0 Å². The van der Waals surface area contributed by atoms with Crippen LogP contribution in [0.25, 0.3) is 0 Å². The third-order valence-electron chi connectivity index (χ3n) is 6.35. The fourth-order valence-electron chi connectivity index (χ4n) is 4.26. The van der Waals surface area contributed by atoms with E-state index in [2.05, 4.69) is 22.8 Å². The van der Waals surface area contributed by atoms with Crippen LogP contribution >= 0.6 is 34.5 Å². The summed E-state index contributed by atoms with van der Waals surface area (Å²) in [5, 5.41) is 7.18. The predicted molar refractivity (Wildman–Crippen MR) is 160 cm³/mol. The second-order valence-corrected chi connectivity index (χ2v) is 11.3. The van der Waals surface area contributed by atoms with Crippen molar-refractivity contribution in [2.45, 2.75) is 33.1 Å². The maximum atomic E-state index is 12.7. The summed E-state index contributed by atoms with van der Waals surface area (Å²) in [5.74, 6) is -2.39. The molecular formula is C29H27Cl2N3O7S. The highest BCUT2D eigenvalue weighted by Crippen LogP contribution is 2.40. The molecule has 4 rings (SSSR count). The van der Waals surface area contributed by atoms with Crippen LogP contribution in [0, 0.1) is 5.92 Å². The molecule has 2 N–H and O–H groups in total. The van der Waals surface area contributed by atoms with Crippen molar-refractivity contribution in [3.8, 4) is 11.5 Å². The average Bonchev–Trinajstić information content (AvgIpc) is 3.31. The number of esters is 2. The molecule has 0 saturated heterocycles. The molecular weight excluding hydrogens is 605 g/mol. The van der Waals surface area contributed by atoms with Crippen LogP contribution in [0.4, 0.5) is 5.00 Å². The Bertz CT molecular complexity index is 1570. The van der Waals surface area contributed by atoms with E-state index < -0.39 is 23.8 Å². The minimum absolute atomic E-state index is 0.138. The topological polar surface area (TPSA) is 132 Å². The minimum atomic E-state index is -1.03. The van der Waals surface area contributed by atoms with Crippen molar-refractivity contribution in [1.82, 2.24) is 5.43 Å². The van der Waals surface area contributed by atoms with Gasteiger partial charge in [0, 0.05) is 4.88 Å². The second kappa shape index (κ2) is 13.8. The van der Waals surface area contributed by atoms with Gasteiger partial charge >= 0.3 is 23.8 Å². The Labute approximate surface area is 255 Å². The van der Waals surface area contributed by atoms with Crippen molar-refractivity contribution in [1.29, 1.82) is 0 Å². The second-order valence-electron chi connectivity index (χ2n) is 9.36. The molecule has 0 saturated carbocycles. The lowest BCUT2D eigenvalue weighted by Crippen LogP contribution is -2.32. The molecule has 1 aliphatic rings. The first kappa shape index (κ1) is 31.0. The van der Waals surface area contributed by atoms with Crippen LogP contribution in [-0.2, 0) is 27.2 Å². The predicted octanol–water partition coefficient (Wildman–Crippen LogP) is 5.67. The highest BCUT2D eigenvalue weighted by atomic mass is 35.5. The van der Waals surface area contributed by atoms with E-state index in [1.165, 1.54) is 55.0 Å². The van der Waals surface area contributed by atoms with Gasteiger partial charge in [-0.25, -0.2) is 15.0 Å². The van der Waals surface area contributed by atoms with E-state index in [-0.39, 0.29) is 33.7 Å². The molecule has 0 unspecified atom stereocenters. The van der Waals surface area contributed by atoms with Crippen molar-refractivity contribution in [3.05, 3.63) is 73.6 Å². The van der Waals surface area contributed by atoms with Crippen molar-refractivity contribution >= 4 is 69.5 Å². The number of carbonyl (C=O) groups is 4. The molecule has 1 aromatic heterocycles. The molecule has 220 valence electrons. The van der Waals surface area contributed by atoms with Gasteiger partial charge in [0.25, 0.3) is 0 Å². The van der Waals surface area contributed by atoms with E-state index in [9.17, 15) is 19.2 Å². The number of hydrogen-bond donors (Lipinski definition) is 2. The van der Waals surface area contributed by atoms with E-state index >= 15 is 0 Å². The molecule has 10 nitrogen and oxygen atoms in total. The summed E-state index contributed by atoms with van der Waals surface area (Å²) in [6, 6.07) is 8.94. The summed E-state index contributed by atoms with van der Waals surface area (Å²) in [4.78, 5) is 51.3. The molecule has 0 spiro atoms. The molecule has 0 bridgehead atoms. The first-order valence-electron chi connectivity index (χ1n) is 12.9. The first-order valence-corrected chi connectivity index (χ1v) is 14.5. The summed E-state index contributed by atoms with van der Waals surface area (Å²) < 4.78 is 15.9. The van der Waals surface area contributed by atoms with E-state index in [0.29, 0.717) is 28.5 Å². The smallest absolute Gasteiger partial charge is 0.343 e. The zero-order chi connectivity index (χ0) is 30.4. The van der Waals surface area contributed by atoms with Crippen LogP contribution in [0.1, 0.15) is 57.0 Å². The standard InChI is InChI=1S/C29H27Cl2N3O7S/c1-4-40-29(38)24-18-8-5-15(2)11-23(18)42-27(24)33-25(35)26(36)34-32-14-16-6-10-21(22(12-16)39-3)41-28(37)17-7-9-19(30)20(31)13-17/h6-7,9-10,12-15H,4-5,8,11H2,1-3H3,(H,33,35)(H,34,36)/b32-14-/t15-/m1/s1. The van der Waals surface area contributed by atoms with Gasteiger partial charge in [-0.2, -0.15) is 5.10 Å². The fraction of sp³-hybridized carbons (Fsp3) is 0.276. The molecule has 1 aliphatic carbocycles. The lowest BCUT2D eigenvalue weighted by Gasteiger charge is -2.18. The summed E-state index contributed by atoms with van der Waals surface area (Å²) in [7, 11) is 1.40. The Kier molecular flexibility index (Phi) is 10.2. The maximum Gasteiger partial charge on any atom is 0.343 e. The third-order valence-corrected chi connectivity index (χ3v) is 8.26.